The molecule has 1 N–H and O–H groups in total. The summed E-state index contributed by atoms with van der Waals surface area (Å²) in [6.07, 6.45) is 5.20. The molecule has 7 heteroatoms. The Bertz CT molecular complexity index is 1230. The molecule has 0 saturated heterocycles. The van der Waals surface area contributed by atoms with Gasteiger partial charge in [-0.25, -0.2) is 9.97 Å². The van der Waals surface area contributed by atoms with Crippen molar-refractivity contribution in [2.45, 2.75) is 27.4 Å². The largest absolute Gasteiger partial charge is 0.489 e. The van der Waals surface area contributed by atoms with Crippen molar-refractivity contribution in [1.82, 2.24) is 15.0 Å². The number of pyridine rings is 2. The van der Waals surface area contributed by atoms with Crippen molar-refractivity contribution in [3.8, 4) is 11.5 Å². The topological polar surface area (TPSA) is 80.3 Å². The molecular formula is C26H28N4O3. The van der Waals surface area contributed by atoms with Crippen molar-refractivity contribution in [3.63, 3.8) is 0 Å². The van der Waals surface area contributed by atoms with Crippen molar-refractivity contribution < 1.29 is 14.3 Å². The van der Waals surface area contributed by atoms with E-state index in [-0.39, 0.29) is 5.78 Å². The lowest BCUT2D eigenvalue weighted by molar-refractivity contribution is 0.103. The summed E-state index contributed by atoms with van der Waals surface area (Å²) in [4.78, 5) is 27.5. The Balaban J connectivity index is 1.58. The lowest BCUT2D eigenvalue weighted by atomic mass is 10.0. The summed E-state index contributed by atoms with van der Waals surface area (Å²) in [6, 6.07) is 13.1. The van der Waals surface area contributed by atoms with Crippen LogP contribution in [0.25, 0.3) is 11.0 Å². The summed E-state index contributed by atoms with van der Waals surface area (Å²) in [5.41, 5.74) is 2.61. The van der Waals surface area contributed by atoms with Crippen LogP contribution in [0.5, 0.6) is 11.5 Å². The molecule has 3 aromatic heterocycles. The molecule has 33 heavy (non-hydrogen) atoms. The van der Waals surface area contributed by atoms with Crippen LogP contribution in [0.4, 0.5) is 5.82 Å². The molecule has 0 fully saturated rings. The first-order valence-corrected chi connectivity index (χ1v) is 11.2. The maximum atomic E-state index is 13.4. The summed E-state index contributed by atoms with van der Waals surface area (Å²) >= 11 is 0. The van der Waals surface area contributed by atoms with Crippen molar-refractivity contribution in [3.05, 3.63) is 77.7 Å². The first kappa shape index (κ1) is 22.3. The van der Waals surface area contributed by atoms with Crippen molar-refractivity contribution >= 4 is 22.6 Å². The number of H-pyrrole nitrogens is 1. The Labute approximate surface area is 193 Å². The molecular weight excluding hydrogens is 416 g/mol. The normalized spacial score (nSPS) is 10.9. The number of anilines is 1. The molecule has 4 aromatic rings. The summed E-state index contributed by atoms with van der Waals surface area (Å²) in [5.74, 6) is 1.76. The Morgan fingerprint density at radius 3 is 2.55 bits per heavy atom. The number of benzene rings is 1. The second-order valence-corrected chi connectivity index (χ2v) is 7.48. The minimum absolute atomic E-state index is 0.145. The number of hydrogen-bond acceptors (Lipinski definition) is 6. The number of hydrogen-bond donors (Lipinski definition) is 1. The van der Waals surface area contributed by atoms with E-state index in [1.54, 1.807) is 24.5 Å². The Morgan fingerprint density at radius 1 is 0.970 bits per heavy atom. The standard InChI is InChI=1S/C26H28N4O3/c1-4-30(5-2)23-13-12-18(15-28-23)17-33-22-11-7-9-20(25(22)32-6-3)24(31)21-16-29-26-19(21)10-8-14-27-26/h7-16H,4-6,17H2,1-3H3,(H,27,29). The summed E-state index contributed by atoms with van der Waals surface area (Å²) < 4.78 is 11.9. The van der Waals surface area contributed by atoms with Crippen LogP contribution in [0.2, 0.25) is 0 Å². The van der Waals surface area contributed by atoms with Gasteiger partial charge in [0, 0.05) is 48.2 Å². The number of fused-ring (bicyclic) bond motifs is 1. The van der Waals surface area contributed by atoms with Crippen molar-refractivity contribution in [2.24, 2.45) is 0 Å². The first-order valence-electron chi connectivity index (χ1n) is 11.2. The SMILES string of the molecule is CCOc1c(OCc2ccc(N(CC)CC)nc2)cccc1C(=O)c1c[nH]c2ncccc12. The average Bonchev–Trinajstić information content (AvgIpc) is 3.29. The molecule has 0 aliphatic heterocycles. The predicted molar refractivity (Wildman–Crippen MR) is 129 cm³/mol. The van der Waals surface area contributed by atoms with Gasteiger partial charge in [-0.3, -0.25) is 4.79 Å². The molecule has 7 nitrogen and oxygen atoms in total. The number of aromatic amines is 1. The number of carbonyl (C=O) groups excluding carboxylic acids is 1. The minimum atomic E-state index is -0.145. The van der Waals surface area contributed by atoms with Crippen LogP contribution in [-0.2, 0) is 6.61 Å². The molecule has 1 aromatic carbocycles. The second kappa shape index (κ2) is 10.2. The molecule has 170 valence electrons. The molecule has 4 rings (SSSR count). The van der Waals surface area contributed by atoms with Crippen LogP contribution in [0, 0.1) is 0 Å². The Kier molecular flexibility index (Phi) is 6.88. The maximum absolute atomic E-state index is 13.4. The molecule has 0 spiro atoms. The maximum Gasteiger partial charge on any atom is 0.199 e. The quantitative estimate of drug-likeness (QED) is 0.346. The number of para-hydroxylation sites is 1. The van der Waals surface area contributed by atoms with Gasteiger partial charge in [0.2, 0.25) is 0 Å². The lowest BCUT2D eigenvalue weighted by Crippen LogP contribution is -2.22. The number of rotatable bonds is 10. The van der Waals surface area contributed by atoms with E-state index >= 15 is 0 Å². The zero-order valence-corrected chi connectivity index (χ0v) is 19.2. The van der Waals surface area contributed by atoms with E-state index in [1.807, 2.05) is 43.5 Å². The van der Waals surface area contributed by atoms with E-state index in [4.69, 9.17) is 9.47 Å². The number of aromatic nitrogens is 3. The molecule has 0 unspecified atom stereocenters. The summed E-state index contributed by atoms with van der Waals surface area (Å²) in [5, 5.41) is 0.774. The van der Waals surface area contributed by atoms with Gasteiger partial charge in [-0.15, -0.1) is 0 Å². The van der Waals surface area contributed by atoms with Crippen molar-refractivity contribution in [2.75, 3.05) is 24.6 Å². The molecule has 0 amide bonds. The highest BCUT2D eigenvalue weighted by Gasteiger charge is 2.21. The smallest absolute Gasteiger partial charge is 0.199 e. The molecule has 0 saturated carbocycles. The van der Waals surface area contributed by atoms with Crippen LogP contribution in [0.1, 0.15) is 42.3 Å². The second-order valence-electron chi connectivity index (χ2n) is 7.48. The third-order valence-electron chi connectivity index (χ3n) is 5.50. The van der Waals surface area contributed by atoms with Gasteiger partial charge in [0.15, 0.2) is 17.3 Å². The first-order chi connectivity index (χ1) is 16.2. The van der Waals surface area contributed by atoms with Gasteiger partial charge in [0.05, 0.1) is 12.2 Å². The molecule has 0 bridgehead atoms. The Hall–Kier alpha value is -3.87. The lowest BCUT2D eigenvalue weighted by Gasteiger charge is -2.19. The van der Waals surface area contributed by atoms with E-state index in [1.165, 1.54) is 0 Å². The number of ether oxygens (including phenoxy) is 2. The fraction of sp³-hybridized carbons (Fsp3) is 0.269. The number of nitrogens with one attached hydrogen (secondary N) is 1. The van der Waals surface area contributed by atoms with Crippen LogP contribution >= 0.6 is 0 Å². The van der Waals surface area contributed by atoms with Crippen LogP contribution < -0.4 is 14.4 Å². The van der Waals surface area contributed by atoms with Gasteiger partial charge in [0.1, 0.15) is 18.1 Å². The average molecular weight is 445 g/mol. The highest BCUT2D eigenvalue weighted by atomic mass is 16.5. The van der Waals surface area contributed by atoms with E-state index < -0.39 is 0 Å². The molecule has 0 atom stereocenters. The van der Waals surface area contributed by atoms with Gasteiger partial charge < -0.3 is 19.4 Å². The molecule has 0 aliphatic carbocycles. The van der Waals surface area contributed by atoms with E-state index in [0.29, 0.717) is 41.5 Å². The number of carbonyl (C=O) groups is 1. The number of ketones is 1. The third-order valence-corrected chi connectivity index (χ3v) is 5.50. The fourth-order valence-corrected chi connectivity index (χ4v) is 3.79. The molecule has 0 radical (unpaired) electrons. The number of nitrogens with zero attached hydrogens (tertiary/aromatic N) is 3. The zero-order chi connectivity index (χ0) is 23.2. The van der Waals surface area contributed by atoms with Gasteiger partial charge in [-0.2, -0.15) is 0 Å². The van der Waals surface area contributed by atoms with Crippen LogP contribution in [0.15, 0.2) is 61.1 Å². The van der Waals surface area contributed by atoms with E-state index in [2.05, 4.69) is 33.7 Å². The minimum Gasteiger partial charge on any atom is -0.489 e. The zero-order valence-electron chi connectivity index (χ0n) is 19.2. The van der Waals surface area contributed by atoms with Gasteiger partial charge >= 0.3 is 0 Å². The van der Waals surface area contributed by atoms with Crippen molar-refractivity contribution in [1.29, 1.82) is 0 Å². The van der Waals surface area contributed by atoms with Crippen LogP contribution in [0.3, 0.4) is 0 Å². The summed E-state index contributed by atoms with van der Waals surface area (Å²) in [7, 11) is 0. The van der Waals surface area contributed by atoms with Gasteiger partial charge in [-0.1, -0.05) is 12.1 Å². The fourth-order valence-electron chi connectivity index (χ4n) is 3.79. The van der Waals surface area contributed by atoms with E-state index in [9.17, 15) is 4.79 Å². The monoisotopic (exact) mass is 444 g/mol. The molecule has 3 heterocycles. The van der Waals surface area contributed by atoms with Gasteiger partial charge in [0.25, 0.3) is 0 Å². The highest BCUT2D eigenvalue weighted by Crippen LogP contribution is 2.34. The Morgan fingerprint density at radius 2 is 1.82 bits per heavy atom. The highest BCUT2D eigenvalue weighted by molar-refractivity contribution is 6.17. The third kappa shape index (κ3) is 4.67. The summed E-state index contributed by atoms with van der Waals surface area (Å²) in [6.45, 7) is 8.65. The van der Waals surface area contributed by atoms with Crippen LogP contribution in [-0.4, -0.2) is 40.4 Å². The van der Waals surface area contributed by atoms with Gasteiger partial charge in [-0.05, 0) is 51.1 Å². The van der Waals surface area contributed by atoms with E-state index in [0.717, 1.165) is 29.9 Å². The predicted octanol–water partition coefficient (Wildman–Crippen LogP) is 5.01. The molecule has 0 aliphatic rings.